The number of benzene rings is 2. The molecule has 6 nitrogen and oxygen atoms in total. The second-order valence-corrected chi connectivity index (χ2v) is 10.9. The van der Waals surface area contributed by atoms with Crippen LogP contribution in [0.2, 0.25) is 5.02 Å². The maximum Gasteiger partial charge on any atom is 0.268 e. The Hall–Kier alpha value is -2.52. The molecule has 4 aromatic rings. The van der Waals surface area contributed by atoms with Crippen molar-refractivity contribution in [3.63, 3.8) is 0 Å². The lowest BCUT2D eigenvalue weighted by Crippen LogP contribution is -2.36. The van der Waals surface area contributed by atoms with Crippen LogP contribution >= 0.6 is 22.9 Å². The number of thiophene rings is 1. The quantitative estimate of drug-likeness (QED) is 0.410. The molecule has 0 atom stereocenters. The van der Waals surface area contributed by atoms with Gasteiger partial charge in [-0.15, -0.1) is 11.3 Å². The lowest BCUT2D eigenvalue weighted by atomic mass is 10.0. The molecule has 1 aliphatic heterocycles. The molecule has 31 heavy (non-hydrogen) atoms. The van der Waals surface area contributed by atoms with Gasteiger partial charge >= 0.3 is 0 Å². The Morgan fingerprint density at radius 3 is 2.61 bits per heavy atom. The van der Waals surface area contributed by atoms with Gasteiger partial charge in [0.25, 0.3) is 5.89 Å². The van der Waals surface area contributed by atoms with Crippen molar-refractivity contribution in [3.05, 3.63) is 75.6 Å². The average Bonchev–Trinajstić information content (AvgIpc) is 3.41. The van der Waals surface area contributed by atoms with Crippen LogP contribution in [0, 0.1) is 6.92 Å². The normalized spacial score (nSPS) is 14.5. The molecular formula is C22H18ClN3O3S2. The lowest BCUT2D eigenvalue weighted by Gasteiger charge is -2.28. The predicted octanol–water partition coefficient (Wildman–Crippen LogP) is 5.17. The number of fused-ring (bicyclic) bond motifs is 1. The Morgan fingerprint density at radius 1 is 1.10 bits per heavy atom. The average molecular weight is 472 g/mol. The summed E-state index contributed by atoms with van der Waals surface area (Å²) in [5.41, 5.74) is 3.03. The number of aromatic nitrogens is 2. The van der Waals surface area contributed by atoms with Crippen LogP contribution in [0.1, 0.15) is 16.0 Å². The van der Waals surface area contributed by atoms with Crippen LogP contribution in [0.25, 0.3) is 22.2 Å². The first-order valence-corrected chi connectivity index (χ1v) is 12.3. The number of hydrogen-bond acceptors (Lipinski definition) is 6. The highest BCUT2D eigenvalue weighted by atomic mass is 35.5. The van der Waals surface area contributed by atoms with Gasteiger partial charge < -0.3 is 4.52 Å². The molecule has 2 aromatic heterocycles. The summed E-state index contributed by atoms with van der Waals surface area (Å²) in [5, 5.41) is 4.65. The Bertz CT molecular complexity index is 1360. The Labute approximate surface area is 189 Å². The number of aryl methyl sites for hydroxylation is 1. The number of rotatable bonds is 4. The largest absolute Gasteiger partial charge is 0.333 e. The van der Waals surface area contributed by atoms with Gasteiger partial charge in [-0.3, -0.25) is 0 Å². The maximum atomic E-state index is 13.4. The number of nitrogens with zero attached hydrogens (tertiary/aromatic N) is 3. The monoisotopic (exact) mass is 471 g/mol. The van der Waals surface area contributed by atoms with Crippen molar-refractivity contribution in [1.82, 2.24) is 14.4 Å². The summed E-state index contributed by atoms with van der Waals surface area (Å²) in [5.74, 6) is 0.721. The summed E-state index contributed by atoms with van der Waals surface area (Å²) in [6.45, 7) is 2.64. The van der Waals surface area contributed by atoms with Gasteiger partial charge in [-0.2, -0.15) is 9.29 Å². The molecule has 0 aliphatic carbocycles. The van der Waals surface area contributed by atoms with Crippen molar-refractivity contribution >= 4 is 33.0 Å². The minimum absolute atomic E-state index is 0.290. The Kier molecular flexibility index (Phi) is 5.18. The van der Waals surface area contributed by atoms with Crippen LogP contribution in [-0.2, 0) is 23.0 Å². The van der Waals surface area contributed by atoms with E-state index in [2.05, 4.69) is 16.2 Å². The Morgan fingerprint density at radius 2 is 1.84 bits per heavy atom. The fourth-order valence-corrected chi connectivity index (χ4v) is 6.71. The van der Waals surface area contributed by atoms with Crippen LogP contribution in [0.5, 0.6) is 0 Å². The van der Waals surface area contributed by atoms with E-state index in [0.29, 0.717) is 46.0 Å². The van der Waals surface area contributed by atoms with Crippen molar-refractivity contribution in [3.8, 4) is 22.2 Å². The topological polar surface area (TPSA) is 76.3 Å². The van der Waals surface area contributed by atoms with Crippen LogP contribution in [0.15, 0.2) is 64.0 Å². The molecule has 158 valence electrons. The molecule has 2 aromatic carbocycles. The van der Waals surface area contributed by atoms with E-state index in [1.54, 1.807) is 41.6 Å². The van der Waals surface area contributed by atoms with E-state index in [-0.39, 0.29) is 4.90 Å². The fraction of sp³-hybridized carbons (Fsp3) is 0.182. The van der Waals surface area contributed by atoms with Crippen molar-refractivity contribution in [1.29, 1.82) is 0 Å². The molecule has 0 N–H and O–H groups in total. The van der Waals surface area contributed by atoms with Crippen molar-refractivity contribution in [2.45, 2.75) is 24.8 Å². The molecule has 0 amide bonds. The van der Waals surface area contributed by atoms with Crippen LogP contribution in [0.3, 0.4) is 0 Å². The minimum Gasteiger partial charge on any atom is -0.333 e. The second-order valence-electron chi connectivity index (χ2n) is 7.32. The van der Waals surface area contributed by atoms with Gasteiger partial charge in [-0.25, -0.2) is 8.42 Å². The standard InChI is InChI=1S/C22H18ClN3O3S2/c1-14-20(31(27,28)26-11-10-15-4-2-3-5-17(15)13-26)12-19(30-14)22-24-21(25-29-22)16-6-8-18(23)9-7-16/h2-9,12H,10-11,13H2,1H3. The third-order valence-corrected chi connectivity index (χ3v) is 8.72. The highest BCUT2D eigenvalue weighted by molar-refractivity contribution is 7.89. The van der Waals surface area contributed by atoms with Crippen molar-refractivity contribution < 1.29 is 12.9 Å². The zero-order chi connectivity index (χ0) is 21.6. The van der Waals surface area contributed by atoms with E-state index < -0.39 is 10.0 Å². The molecule has 1 aliphatic rings. The predicted molar refractivity (Wildman–Crippen MR) is 121 cm³/mol. The fourth-order valence-electron chi connectivity index (χ4n) is 3.68. The molecule has 0 fully saturated rings. The third-order valence-electron chi connectivity index (χ3n) is 5.32. The molecule has 0 saturated carbocycles. The van der Waals surface area contributed by atoms with Gasteiger partial charge in [0.2, 0.25) is 15.8 Å². The zero-order valence-electron chi connectivity index (χ0n) is 16.6. The van der Waals surface area contributed by atoms with E-state index in [1.807, 2.05) is 18.2 Å². The highest BCUT2D eigenvalue weighted by Crippen LogP contribution is 2.36. The summed E-state index contributed by atoms with van der Waals surface area (Å²) < 4.78 is 33.7. The summed E-state index contributed by atoms with van der Waals surface area (Å²) in [7, 11) is -3.63. The van der Waals surface area contributed by atoms with Gasteiger partial charge in [0, 0.05) is 28.6 Å². The minimum atomic E-state index is -3.63. The summed E-state index contributed by atoms with van der Waals surface area (Å²) in [6, 6.07) is 16.7. The first-order chi connectivity index (χ1) is 14.9. The van der Waals surface area contributed by atoms with Gasteiger partial charge in [-0.1, -0.05) is 41.0 Å². The summed E-state index contributed by atoms with van der Waals surface area (Å²) >= 11 is 7.26. The van der Waals surface area contributed by atoms with Gasteiger partial charge in [0.05, 0.1) is 9.77 Å². The molecule has 3 heterocycles. The van der Waals surface area contributed by atoms with E-state index >= 15 is 0 Å². The molecule has 0 saturated heterocycles. The number of hydrogen-bond donors (Lipinski definition) is 0. The van der Waals surface area contributed by atoms with Crippen LogP contribution < -0.4 is 0 Å². The van der Waals surface area contributed by atoms with Crippen molar-refractivity contribution in [2.75, 3.05) is 6.54 Å². The Balaban J connectivity index is 1.44. The smallest absolute Gasteiger partial charge is 0.268 e. The first kappa shape index (κ1) is 20.4. The molecule has 0 radical (unpaired) electrons. The molecule has 0 unspecified atom stereocenters. The SMILES string of the molecule is Cc1sc(-c2nc(-c3ccc(Cl)cc3)no2)cc1S(=O)(=O)N1CCc2ccccc2C1. The van der Waals surface area contributed by atoms with Crippen molar-refractivity contribution in [2.24, 2.45) is 0 Å². The van der Waals surface area contributed by atoms with Gasteiger partial charge in [0.15, 0.2) is 0 Å². The first-order valence-electron chi connectivity index (χ1n) is 9.69. The molecule has 0 bridgehead atoms. The van der Waals surface area contributed by atoms with Gasteiger partial charge in [0.1, 0.15) is 0 Å². The highest BCUT2D eigenvalue weighted by Gasteiger charge is 2.31. The lowest BCUT2D eigenvalue weighted by molar-refractivity contribution is 0.391. The van der Waals surface area contributed by atoms with Crippen LogP contribution in [-0.4, -0.2) is 29.4 Å². The summed E-state index contributed by atoms with van der Waals surface area (Å²) in [6.07, 6.45) is 0.708. The van der Waals surface area contributed by atoms with E-state index in [4.69, 9.17) is 16.1 Å². The third kappa shape index (κ3) is 3.80. The zero-order valence-corrected chi connectivity index (χ0v) is 19.0. The maximum absolute atomic E-state index is 13.4. The molecule has 9 heteroatoms. The number of halogens is 1. The summed E-state index contributed by atoms with van der Waals surface area (Å²) in [4.78, 5) is 6.05. The number of sulfonamides is 1. The van der Waals surface area contributed by atoms with E-state index in [9.17, 15) is 8.42 Å². The van der Waals surface area contributed by atoms with E-state index in [0.717, 1.165) is 11.1 Å². The van der Waals surface area contributed by atoms with E-state index in [1.165, 1.54) is 16.9 Å². The molecule has 0 spiro atoms. The second kappa shape index (κ2) is 7.87. The molecule has 5 rings (SSSR count). The molecular weight excluding hydrogens is 454 g/mol. The van der Waals surface area contributed by atoms with Crippen LogP contribution in [0.4, 0.5) is 0 Å². The van der Waals surface area contributed by atoms with Gasteiger partial charge in [-0.05, 0) is 54.8 Å².